The van der Waals surface area contributed by atoms with Crippen molar-refractivity contribution in [2.45, 2.75) is 12.8 Å². The molecule has 19 heavy (non-hydrogen) atoms. The monoisotopic (exact) mass is 278 g/mol. The molecule has 0 unspecified atom stereocenters. The van der Waals surface area contributed by atoms with Gasteiger partial charge in [-0.2, -0.15) is 0 Å². The quantitative estimate of drug-likeness (QED) is 0.610. The third kappa shape index (κ3) is 1.86. The number of hydrogen-bond acceptors (Lipinski definition) is 6. The number of fused-ring (bicyclic) bond motifs is 1. The second-order valence-electron chi connectivity index (χ2n) is 4.50. The predicted octanol–water partition coefficient (Wildman–Crippen LogP) is 2.02. The Morgan fingerprint density at radius 1 is 1.26 bits per heavy atom. The summed E-state index contributed by atoms with van der Waals surface area (Å²) in [6.45, 7) is 1.51. The van der Waals surface area contributed by atoms with E-state index in [0.29, 0.717) is 5.70 Å². The molecule has 0 aromatic carbocycles. The van der Waals surface area contributed by atoms with Crippen LogP contribution in [0.25, 0.3) is 0 Å². The molecule has 0 spiro atoms. The van der Waals surface area contributed by atoms with Crippen molar-refractivity contribution in [3.63, 3.8) is 0 Å². The van der Waals surface area contributed by atoms with Gasteiger partial charge in [-0.05, 0) is 12.8 Å². The predicted molar refractivity (Wildman–Crippen MR) is 68.5 cm³/mol. The number of nitrogens with zero attached hydrogens (tertiary/aromatic N) is 2. The molecule has 0 saturated carbocycles. The third-order valence-corrected chi connectivity index (χ3v) is 4.42. The van der Waals surface area contributed by atoms with Gasteiger partial charge in [0.2, 0.25) is 5.78 Å². The molecule has 1 saturated heterocycles. The summed E-state index contributed by atoms with van der Waals surface area (Å²) in [5.41, 5.74) is 0.550. The van der Waals surface area contributed by atoms with Gasteiger partial charge >= 0.3 is 5.00 Å². The van der Waals surface area contributed by atoms with Gasteiger partial charge in [0.05, 0.1) is 21.1 Å². The van der Waals surface area contributed by atoms with Crippen LogP contribution in [0, 0.1) is 10.1 Å². The molecule has 0 radical (unpaired) electrons. The third-order valence-electron chi connectivity index (χ3n) is 3.31. The summed E-state index contributed by atoms with van der Waals surface area (Å²) in [4.78, 5) is 36.5. The van der Waals surface area contributed by atoms with E-state index in [2.05, 4.69) is 0 Å². The van der Waals surface area contributed by atoms with Crippen LogP contribution in [0.3, 0.4) is 0 Å². The summed E-state index contributed by atoms with van der Waals surface area (Å²) < 4.78 is 0. The highest BCUT2D eigenvalue weighted by Crippen LogP contribution is 2.35. The van der Waals surface area contributed by atoms with Gasteiger partial charge in [-0.25, -0.2) is 0 Å². The van der Waals surface area contributed by atoms with E-state index in [-0.39, 0.29) is 27.0 Å². The van der Waals surface area contributed by atoms with Crippen LogP contribution < -0.4 is 0 Å². The first-order valence-electron chi connectivity index (χ1n) is 5.92. The van der Waals surface area contributed by atoms with Gasteiger partial charge in [0.1, 0.15) is 0 Å². The fraction of sp³-hybridized carbons (Fsp3) is 0.333. The molecule has 1 aromatic heterocycles. The molecule has 1 fully saturated rings. The standard InChI is InChI=1S/C12H10N2O4S/c15-9-6-8(13-3-1-2-4-13)11(16)7-5-10(14(17)18)19-12(7)9/h5-6H,1-4H2. The molecule has 98 valence electrons. The van der Waals surface area contributed by atoms with E-state index in [1.807, 2.05) is 4.90 Å². The van der Waals surface area contributed by atoms with Crippen LogP contribution >= 0.6 is 11.3 Å². The minimum Gasteiger partial charge on any atom is -0.368 e. The van der Waals surface area contributed by atoms with Crippen LogP contribution in [0.1, 0.15) is 32.9 Å². The summed E-state index contributed by atoms with van der Waals surface area (Å²) in [7, 11) is 0. The fourth-order valence-corrected chi connectivity index (χ4v) is 3.29. The zero-order valence-electron chi connectivity index (χ0n) is 9.92. The number of nitro groups is 1. The summed E-state index contributed by atoms with van der Waals surface area (Å²) in [6.07, 6.45) is 3.31. The Kier molecular flexibility index (Phi) is 2.70. The minimum atomic E-state index is -0.570. The molecule has 1 aliphatic carbocycles. The van der Waals surface area contributed by atoms with E-state index in [9.17, 15) is 19.7 Å². The lowest BCUT2D eigenvalue weighted by atomic mass is 9.99. The number of thiophene rings is 1. The van der Waals surface area contributed by atoms with Crippen LogP contribution in [-0.4, -0.2) is 34.5 Å². The van der Waals surface area contributed by atoms with Gasteiger partial charge in [0, 0.05) is 25.2 Å². The van der Waals surface area contributed by atoms with E-state index in [1.165, 1.54) is 12.1 Å². The van der Waals surface area contributed by atoms with Crippen molar-refractivity contribution in [1.82, 2.24) is 4.90 Å². The molecular weight excluding hydrogens is 268 g/mol. The topological polar surface area (TPSA) is 80.5 Å². The number of likely N-dealkylation sites (tertiary alicyclic amines) is 1. The number of Topliss-reactive ketones (excluding diaryl/α,β-unsaturated/α-hetero) is 1. The molecule has 0 N–H and O–H groups in total. The lowest BCUT2D eigenvalue weighted by molar-refractivity contribution is -0.380. The van der Waals surface area contributed by atoms with Crippen molar-refractivity contribution in [2.24, 2.45) is 0 Å². The van der Waals surface area contributed by atoms with Crippen molar-refractivity contribution in [3.8, 4) is 0 Å². The van der Waals surface area contributed by atoms with E-state index in [0.717, 1.165) is 37.3 Å². The maximum absolute atomic E-state index is 12.3. The average Bonchev–Trinajstić information content (AvgIpc) is 3.01. The van der Waals surface area contributed by atoms with Crippen molar-refractivity contribution < 1.29 is 14.5 Å². The number of ketones is 2. The Morgan fingerprint density at radius 3 is 2.58 bits per heavy atom. The van der Waals surface area contributed by atoms with Crippen molar-refractivity contribution >= 4 is 27.9 Å². The number of hydrogen-bond donors (Lipinski definition) is 0. The Hall–Kier alpha value is -2.02. The minimum absolute atomic E-state index is 0.164. The highest BCUT2D eigenvalue weighted by atomic mass is 32.1. The Morgan fingerprint density at radius 2 is 1.95 bits per heavy atom. The van der Waals surface area contributed by atoms with Crippen LogP contribution in [0.4, 0.5) is 5.00 Å². The number of rotatable bonds is 2. The van der Waals surface area contributed by atoms with Crippen LogP contribution in [0.15, 0.2) is 17.8 Å². The zero-order valence-corrected chi connectivity index (χ0v) is 10.7. The Balaban J connectivity index is 2.02. The molecule has 3 rings (SSSR count). The van der Waals surface area contributed by atoms with Crippen molar-refractivity contribution in [2.75, 3.05) is 13.1 Å². The SMILES string of the molecule is O=C1C(N2CCCC2)=CC(=O)c2sc([N+](=O)[O-])cc21. The summed E-state index contributed by atoms with van der Waals surface area (Å²) in [5.74, 6) is -0.588. The normalized spacial score (nSPS) is 18.5. The molecule has 0 amide bonds. The summed E-state index contributed by atoms with van der Waals surface area (Å²) >= 11 is 0.767. The highest BCUT2D eigenvalue weighted by Gasteiger charge is 2.34. The molecule has 1 aromatic rings. The van der Waals surface area contributed by atoms with E-state index >= 15 is 0 Å². The van der Waals surface area contributed by atoms with Gasteiger partial charge in [-0.15, -0.1) is 0 Å². The first-order valence-corrected chi connectivity index (χ1v) is 6.73. The highest BCUT2D eigenvalue weighted by molar-refractivity contribution is 7.17. The lowest BCUT2D eigenvalue weighted by Crippen LogP contribution is -2.28. The first-order chi connectivity index (χ1) is 9.08. The van der Waals surface area contributed by atoms with Crippen LogP contribution in [-0.2, 0) is 0 Å². The second-order valence-corrected chi connectivity index (χ2v) is 5.53. The maximum Gasteiger partial charge on any atom is 0.325 e. The molecule has 7 heteroatoms. The van der Waals surface area contributed by atoms with Gasteiger partial charge in [-0.1, -0.05) is 11.3 Å². The molecular formula is C12H10N2O4S. The van der Waals surface area contributed by atoms with Gasteiger partial charge < -0.3 is 4.90 Å². The van der Waals surface area contributed by atoms with Crippen molar-refractivity contribution in [3.05, 3.63) is 38.4 Å². The first kappa shape index (κ1) is 12.0. The smallest absolute Gasteiger partial charge is 0.325 e. The number of carbonyl (C=O) groups excluding carboxylic acids is 2. The van der Waals surface area contributed by atoms with E-state index < -0.39 is 4.92 Å². The zero-order chi connectivity index (χ0) is 13.6. The molecule has 6 nitrogen and oxygen atoms in total. The summed E-state index contributed by atoms with van der Waals surface area (Å²) in [5, 5.41) is 10.6. The van der Waals surface area contributed by atoms with E-state index in [1.54, 1.807) is 0 Å². The molecule has 1 aliphatic heterocycles. The van der Waals surface area contributed by atoms with Crippen LogP contribution in [0.2, 0.25) is 0 Å². The van der Waals surface area contributed by atoms with Gasteiger partial charge in [0.15, 0.2) is 5.78 Å². The Labute approximate surface area is 112 Å². The second kappa shape index (κ2) is 4.27. The largest absolute Gasteiger partial charge is 0.368 e. The molecule has 2 heterocycles. The fourth-order valence-electron chi connectivity index (χ4n) is 2.41. The van der Waals surface area contributed by atoms with Crippen molar-refractivity contribution in [1.29, 1.82) is 0 Å². The number of carbonyl (C=O) groups is 2. The van der Waals surface area contributed by atoms with Crippen LogP contribution in [0.5, 0.6) is 0 Å². The Bertz CT molecular complexity index is 626. The maximum atomic E-state index is 12.3. The lowest BCUT2D eigenvalue weighted by Gasteiger charge is -2.22. The molecule has 2 aliphatic rings. The van der Waals surface area contributed by atoms with Gasteiger partial charge in [-0.3, -0.25) is 19.7 Å². The van der Waals surface area contributed by atoms with Gasteiger partial charge in [0.25, 0.3) is 0 Å². The summed E-state index contributed by atoms with van der Waals surface area (Å²) in [6, 6.07) is 1.21. The number of allylic oxidation sites excluding steroid dienone is 2. The molecule has 0 bridgehead atoms. The average molecular weight is 278 g/mol. The molecule has 0 atom stereocenters. The van der Waals surface area contributed by atoms with E-state index in [4.69, 9.17) is 0 Å².